The van der Waals surface area contributed by atoms with Crippen molar-refractivity contribution in [2.24, 2.45) is 59.2 Å². The monoisotopic (exact) mass is 424 g/mol. The van der Waals surface area contributed by atoms with Crippen molar-refractivity contribution in [3.8, 4) is 0 Å². The van der Waals surface area contributed by atoms with Crippen LogP contribution in [0.15, 0.2) is 12.7 Å². The van der Waals surface area contributed by atoms with Gasteiger partial charge in [-0.1, -0.05) is 32.3 Å². The summed E-state index contributed by atoms with van der Waals surface area (Å²) in [5.41, 5.74) is 0. The topological polar surface area (TPSA) is 0 Å². The molecule has 0 heterocycles. The zero-order valence-electron chi connectivity index (χ0n) is 20.8. The van der Waals surface area contributed by atoms with Gasteiger partial charge in [0.2, 0.25) is 0 Å². The average molecular weight is 425 g/mol. The summed E-state index contributed by atoms with van der Waals surface area (Å²) in [5, 5.41) is 0. The normalized spacial score (nSPS) is 48.4. The predicted octanol–water partition coefficient (Wildman–Crippen LogP) is 9.44. The molecule has 5 saturated carbocycles. The van der Waals surface area contributed by atoms with E-state index in [1.54, 1.807) is 77.0 Å². The number of hydrogen-bond acceptors (Lipinski definition) is 0. The maximum atomic E-state index is 4.05. The first-order valence-electron chi connectivity index (χ1n) is 14.9. The average Bonchev–Trinajstić information content (AvgIpc) is 2.83. The molecule has 31 heavy (non-hydrogen) atoms. The molecule has 0 saturated heterocycles. The molecular weight excluding hydrogens is 372 g/mol. The van der Waals surface area contributed by atoms with Gasteiger partial charge in [0.15, 0.2) is 0 Å². The highest BCUT2D eigenvalue weighted by Crippen LogP contribution is 2.54. The Bertz CT molecular complexity index is 569. The second kappa shape index (κ2) is 10.3. The lowest BCUT2D eigenvalue weighted by Crippen LogP contribution is -2.38. The first-order chi connectivity index (χ1) is 15.2. The molecule has 0 nitrogen and oxygen atoms in total. The molecular formula is C31H52. The van der Waals surface area contributed by atoms with Crippen LogP contribution >= 0.6 is 0 Å². The van der Waals surface area contributed by atoms with Gasteiger partial charge in [0.1, 0.15) is 0 Å². The lowest BCUT2D eigenvalue weighted by atomic mass is 9.56. The summed E-state index contributed by atoms with van der Waals surface area (Å²) in [6, 6.07) is 0. The van der Waals surface area contributed by atoms with Gasteiger partial charge < -0.3 is 0 Å². The molecule has 0 spiro atoms. The van der Waals surface area contributed by atoms with E-state index in [-0.39, 0.29) is 0 Å². The first-order valence-corrected chi connectivity index (χ1v) is 14.9. The summed E-state index contributed by atoms with van der Waals surface area (Å²) in [4.78, 5) is 0. The van der Waals surface area contributed by atoms with Gasteiger partial charge in [-0.25, -0.2) is 0 Å². The standard InChI is InChI=1S/C31H52/c1-3-5-23-8-11-27-20-29(14-12-25(27)18-23)31-17-16-28-19-26(13-15-30(28)21-31)24-9-6-22(4-2)7-10-24/h4,22-31H,2-3,5-21H2,1H3. The zero-order valence-corrected chi connectivity index (χ0v) is 20.8. The smallest absolute Gasteiger partial charge is 0.0236 e. The quantitative estimate of drug-likeness (QED) is 0.385. The summed E-state index contributed by atoms with van der Waals surface area (Å²) in [5.74, 6) is 10.7. The summed E-state index contributed by atoms with van der Waals surface area (Å²) < 4.78 is 0. The van der Waals surface area contributed by atoms with Crippen LogP contribution in [0.3, 0.4) is 0 Å². The molecule has 0 radical (unpaired) electrons. The van der Waals surface area contributed by atoms with Crippen molar-refractivity contribution in [2.75, 3.05) is 0 Å². The zero-order chi connectivity index (χ0) is 21.2. The van der Waals surface area contributed by atoms with E-state index in [4.69, 9.17) is 0 Å². The fourth-order valence-corrected chi connectivity index (χ4v) is 9.79. The predicted molar refractivity (Wildman–Crippen MR) is 134 cm³/mol. The van der Waals surface area contributed by atoms with Crippen molar-refractivity contribution in [3.05, 3.63) is 12.7 Å². The maximum absolute atomic E-state index is 4.05. The van der Waals surface area contributed by atoms with Crippen LogP contribution in [0.5, 0.6) is 0 Å². The van der Waals surface area contributed by atoms with Crippen LogP contribution in [0, 0.1) is 59.2 Å². The van der Waals surface area contributed by atoms with E-state index < -0.39 is 0 Å². The van der Waals surface area contributed by atoms with Crippen molar-refractivity contribution >= 4 is 0 Å². The highest BCUT2D eigenvalue weighted by molar-refractivity contribution is 4.94. The van der Waals surface area contributed by atoms with E-state index in [0.29, 0.717) is 0 Å². The Kier molecular flexibility index (Phi) is 7.51. The number of rotatable bonds is 5. The third-order valence-electron chi connectivity index (χ3n) is 11.6. The molecule has 0 aromatic heterocycles. The van der Waals surface area contributed by atoms with Gasteiger partial charge >= 0.3 is 0 Å². The molecule has 0 aromatic rings. The minimum absolute atomic E-state index is 0.833. The van der Waals surface area contributed by atoms with Crippen molar-refractivity contribution in [1.82, 2.24) is 0 Å². The van der Waals surface area contributed by atoms with Crippen molar-refractivity contribution < 1.29 is 0 Å². The SMILES string of the molecule is C=CC1CCC(C2CCC3CC(C4CCC5CC(CCC)CCC5C4)CCC3C2)CC1. The van der Waals surface area contributed by atoms with Crippen LogP contribution in [-0.2, 0) is 0 Å². The Morgan fingerprint density at radius 3 is 1.35 bits per heavy atom. The first kappa shape index (κ1) is 22.5. The van der Waals surface area contributed by atoms with E-state index in [0.717, 1.165) is 59.2 Å². The summed E-state index contributed by atoms with van der Waals surface area (Å²) in [7, 11) is 0. The Morgan fingerprint density at radius 1 is 0.516 bits per heavy atom. The molecule has 0 amide bonds. The highest BCUT2D eigenvalue weighted by Gasteiger charge is 2.43. The third-order valence-corrected chi connectivity index (χ3v) is 11.6. The Balaban J connectivity index is 1.09. The van der Waals surface area contributed by atoms with Crippen molar-refractivity contribution in [3.63, 3.8) is 0 Å². The highest BCUT2D eigenvalue weighted by atomic mass is 14.5. The molecule has 5 aliphatic carbocycles. The number of hydrogen-bond donors (Lipinski definition) is 0. The molecule has 5 rings (SSSR count). The van der Waals surface area contributed by atoms with Gasteiger partial charge in [0.25, 0.3) is 0 Å². The van der Waals surface area contributed by atoms with Gasteiger partial charge in [-0.15, -0.1) is 6.58 Å². The molecule has 8 unspecified atom stereocenters. The summed E-state index contributed by atoms with van der Waals surface area (Å²) >= 11 is 0. The van der Waals surface area contributed by atoms with E-state index in [9.17, 15) is 0 Å². The van der Waals surface area contributed by atoms with Crippen LogP contribution < -0.4 is 0 Å². The van der Waals surface area contributed by atoms with Crippen LogP contribution in [0.25, 0.3) is 0 Å². The van der Waals surface area contributed by atoms with Crippen LogP contribution in [0.4, 0.5) is 0 Å². The molecule has 176 valence electrons. The van der Waals surface area contributed by atoms with Crippen molar-refractivity contribution in [2.45, 2.75) is 122 Å². The molecule has 5 aliphatic rings. The Hall–Kier alpha value is -0.260. The molecule has 0 heteroatoms. The maximum Gasteiger partial charge on any atom is -0.0236 e. The van der Waals surface area contributed by atoms with Gasteiger partial charge in [0.05, 0.1) is 0 Å². The van der Waals surface area contributed by atoms with E-state index >= 15 is 0 Å². The fraction of sp³-hybridized carbons (Fsp3) is 0.935. The van der Waals surface area contributed by atoms with E-state index in [1.165, 1.54) is 38.5 Å². The van der Waals surface area contributed by atoms with E-state index in [1.807, 2.05) is 0 Å². The largest absolute Gasteiger partial charge is 0.103 e. The van der Waals surface area contributed by atoms with Crippen LogP contribution in [-0.4, -0.2) is 0 Å². The van der Waals surface area contributed by atoms with Gasteiger partial charge in [0, 0.05) is 0 Å². The second-order valence-corrected chi connectivity index (χ2v) is 13.1. The third kappa shape index (κ3) is 5.14. The van der Waals surface area contributed by atoms with Crippen LogP contribution in [0.2, 0.25) is 0 Å². The Morgan fingerprint density at radius 2 is 0.903 bits per heavy atom. The molecule has 5 fully saturated rings. The molecule has 8 atom stereocenters. The summed E-state index contributed by atoms with van der Waals surface area (Å²) in [6.45, 7) is 6.44. The van der Waals surface area contributed by atoms with Crippen molar-refractivity contribution in [1.29, 1.82) is 0 Å². The van der Waals surface area contributed by atoms with Gasteiger partial charge in [-0.05, 0) is 155 Å². The van der Waals surface area contributed by atoms with Gasteiger partial charge in [-0.3, -0.25) is 0 Å². The number of allylic oxidation sites excluding steroid dienone is 1. The minimum Gasteiger partial charge on any atom is -0.103 e. The lowest BCUT2D eigenvalue weighted by Gasteiger charge is -2.49. The van der Waals surface area contributed by atoms with E-state index in [2.05, 4.69) is 19.6 Å². The molecule has 0 bridgehead atoms. The lowest BCUT2D eigenvalue weighted by molar-refractivity contribution is 0.0182. The second-order valence-electron chi connectivity index (χ2n) is 13.1. The molecule has 0 N–H and O–H groups in total. The van der Waals surface area contributed by atoms with Gasteiger partial charge in [-0.2, -0.15) is 0 Å². The fourth-order valence-electron chi connectivity index (χ4n) is 9.79. The molecule has 0 aliphatic heterocycles. The Labute approximate surface area is 194 Å². The molecule has 0 aromatic carbocycles. The summed E-state index contributed by atoms with van der Waals surface area (Å²) in [6.07, 6.45) is 30.2. The van der Waals surface area contributed by atoms with Crippen LogP contribution in [0.1, 0.15) is 122 Å². The minimum atomic E-state index is 0.833. The number of fused-ring (bicyclic) bond motifs is 2.